The van der Waals surface area contributed by atoms with Gasteiger partial charge in [-0.1, -0.05) is 6.92 Å². The monoisotopic (exact) mass is 289 g/mol. The van der Waals surface area contributed by atoms with Crippen molar-refractivity contribution in [2.75, 3.05) is 11.9 Å². The summed E-state index contributed by atoms with van der Waals surface area (Å²) in [5.41, 5.74) is 0.754. The first-order valence-corrected chi connectivity index (χ1v) is 6.84. The summed E-state index contributed by atoms with van der Waals surface area (Å²) < 4.78 is 0. The van der Waals surface area contributed by atoms with Crippen molar-refractivity contribution in [3.8, 4) is 0 Å². The van der Waals surface area contributed by atoms with Crippen LogP contribution in [0.3, 0.4) is 0 Å². The number of hydrogen-bond acceptors (Lipinski definition) is 5. The predicted octanol–water partition coefficient (Wildman–Crippen LogP) is 3.02. The van der Waals surface area contributed by atoms with Gasteiger partial charge in [0, 0.05) is 35.6 Å². The highest BCUT2D eigenvalue weighted by Gasteiger charge is 2.19. The third-order valence-corrected chi connectivity index (χ3v) is 3.63. The van der Waals surface area contributed by atoms with Crippen molar-refractivity contribution in [1.29, 1.82) is 0 Å². The lowest BCUT2D eigenvalue weighted by Gasteiger charge is -2.22. The molecule has 0 bridgehead atoms. The Kier molecular flexibility index (Phi) is 4.09. The van der Waals surface area contributed by atoms with Gasteiger partial charge >= 0.3 is 0 Å². The highest BCUT2D eigenvalue weighted by molar-refractivity contribution is 5.99. The molecule has 0 amide bonds. The van der Waals surface area contributed by atoms with Crippen LogP contribution in [0.25, 0.3) is 10.8 Å². The Morgan fingerprint density at radius 2 is 2.14 bits per heavy atom. The molecule has 1 aromatic heterocycles. The molecule has 0 fully saturated rings. The number of nitrogens with one attached hydrogen (secondary N) is 1. The van der Waals surface area contributed by atoms with Crippen molar-refractivity contribution in [2.24, 2.45) is 0 Å². The highest BCUT2D eigenvalue weighted by atomic mass is 16.6. The predicted molar refractivity (Wildman–Crippen MR) is 82.5 cm³/mol. The van der Waals surface area contributed by atoms with E-state index in [1.807, 2.05) is 19.9 Å². The van der Waals surface area contributed by atoms with Crippen molar-refractivity contribution >= 4 is 22.1 Å². The summed E-state index contributed by atoms with van der Waals surface area (Å²) in [7, 11) is 0. The van der Waals surface area contributed by atoms with Crippen LogP contribution in [0.5, 0.6) is 0 Å². The number of pyridine rings is 1. The van der Waals surface area contributed by atoms with Crippen LogP contribution in [-0.2, 0) is 0 Å². The lowest BCUT2D eigenvalue weighted by atomic mass is 10.0. The van der Waals surface area contributed by atoms with Crippen LogP contribution in [0, 0.1) is 17.0 Å². The fraction of sp³-hybridized carbons (Fsp3) is 0.400. The van der Waals surface area contributed by atoms with Gasteiger partial charge in [-0.2, -0.15) is 0 Å². The van der Waals surface area contributed by atoms with Crippen LogP contribution in [-0.4, -0.2) is 27.2 Å². The lowest BCUT2D eigenvalue weighted by Crippen LogP contribution is -2.32. The second-order valence-corrected chi connectivity index (χ2v) is 5.46. The summed E-state index contributed by atoms with van der Waals surface area (Å²) in [6.45, 7) is 5.87. The normalized spacial score (nSPS) is 13.9. The SMILES string of the molecule is CCC(C)(O)CNc1ccc([N+](=O)[O-])c2cnc(C)cc12. The van der Waals surface area contributed by atoms with E-state index >= 15 is 0 Å². The number of rotatable bonds is 5. The van der Waals surface area contributed by atoms with Gasteiger partial charge in [0.25, 0.3) is 5.69 Å². The van der Waals surface area contributed by atoms with Gasteiger partial charge in [0.2, 0.25) is 0 Å². The van der Waals surface area contributed by atoms with Gasteiger partial charge in [-0.15, -0.1) is 0 Å². The number of aryl methyl sites for hydroxylation is 1. The van der Waals surface area contributed by atoms with Gasteiger partial charge in [-0.3, -0.25) is 15.1 Å². The van der Waals surface area contributed by atoms with E-state index in [9.17, 15) is 15.2 Å². The molecule has 1 aromatic carbocycles. The maximum Gasteiger partial charge on any atom is 0.278 e. The molecule has 2 rings (SSSR count). The van der Waals surface area contributed by atoms with E-state index in [2.05, 4.69) is 10.3 Å². The molecular weight excluding hydrogens is 270 g/mol. The van der Waals surface area contributed by atoms with Crippen LogP contribution < -0.4 is 5.32 Å². The van der Waals surface area contributed by atoms with Gasteiger partial charge in [0.15, 0.2) is 0 Å². The Labute approximate surface area is 123 Å². The number of benzene rings is 1. The van der Waals surface area contributed by atoms with Crippen molar-refractivity contribution in [3.05, 3.63) is 40.2 Å². The summed E-state index contributed by atoms with van der Waals surface area (Å²) in [5.74, 6) is 0. The average Bonchev–Trinajstić information content (AvgIpc) is 2.44. The molecule has 6 nitrogen and oxygen atoms in total. The molecule has 0 aliphatic carbocycles. The first-order valence-electron chi connectivity index (χ1n) is 6.84. The Morgan fingerprint density at radius 3 is 2.76 bits per heavy atom. The quantitative estimate of drug-likeness (QED) is 0.652. The Morgan fingerprint density at radius 1 is 1.43 bits per heavy atom. The van der Waals surface area contributed by atoms with Crippen molar-refractivity contribution in [1.82, 2.24) is 4.98 Å². The second kappa shape index (κ2) is 5.65. The molecule has 0 aliphatic rings. The first kappa shape index (κ1) is 15.2. The number of aromatic nitrogens is 1. The lowest BCUT2D eigenvalue weighted by molar-refractivity contribution is -0.383. The summed E-state index contributed by atoms with van der Waals surface area (Å²) in [6, 6.07) is 4.94. The van der Waals surface area contributed by atoms with E-state index in [1.54, 1.807) is 13.0 Å². The molecule has 0 radical (unpaired) electrons. The molecule has 112 valence electrons. The van der Waals surface area contributed by atoms with E-state index in [0.29, 0.717) is 18.4 Å². The molecule has 0 aliphatic heterocycles. The Hall–Kier alpha value is -2.21. The number of nitro groups is 1. The standard InChI is InChI=1S/C15H19N3O3/c1-4-15(3,19)9-17-13-5-6-14(18(20)21)12-8-16-10(2)7-11(12)13/h5-8,17,19H,4,9H2,1-3H3. The van der Waals surface area contributed by atoms with E-state index < -0.39 is 10.5 Å². The van der Waals surface area contributed by atoms with Gasteiger partial charge < -0.3 is 10.4 Å². The first-order chi connectivity index (χ1) is 9.84. The molecule has 21 heavy (non-hydrogen) atoms. The highest BCUT2D eigenvalue weighted by Crippen LogP contribution is 2.31. The van der Waals surface area contributed by atoms with Gasteiger partial charge in [-0.05, 0) is 32.4 Å². The van der Waals surface area contributed by atoms with Crippen molar-refractivity contribution < 1.29 is 10.0 Å². The molecule has 1 heterocycles. The van der Waals surface area contributed by atoms with E-state index in [-0.39, 0.29) is 5.69 Å². The van der Waals surface area contributed by atoms with E-state index in [0.717, 1.165) is 16.8 Å². The fourth-order valence-electron chi connectivity index (χ4n) is 2.05. The Bertz CT molecular complexity index is 683. The number of nitrogens with zero attached hydrogens (tertiary/aromatic N) is 2. The van der Waals surface area contributed by atoms with Gasteiger partial charge in [-0.25, -0.2) is 0 Å². The number of fused-ring (bicyclic) bond motifs is 1. The van der Waals surface area contributed by atoms with Crippen LogP contribution in [0.2, 0.25) is 0 Å². The zero-order chi connectivity index (χ0) is 15.6. The summed E-state index contributed by atoms with van der Waals surface area (Å²) in [6.07, 6.45) is 2.14. The van der Waals surface area contributed by atoms with Crippen molar-refractivity contribution in [3.63, 3.8) is 0 Å². The summed E-state index contributed by atoms with van der Waals surface area (Å²) in [5, 5.41) is 25.6. The van der Waals surface area contributed by atoms with E-state index in [4.69, 9.17) is 0 Å². The fourth-order valence-corrected chi connectivity index (χ4v) is 2.05. The molecule has 0 spiro atoms. The number of hydrogen-bond donors (Lipinski definition) is 2. The van der Waals surface area contributed by atoms with Gasteiger partial charge in [0.05, 0.1) is 15.9 Å². The largest absolute Gasteiger partial charge is 0.388 e. The van der Waals surface area contributed by atoms with Crippen LogP contribution >= 0.6 is 0 Å². The summed E-state index contributed by atoms with van der Waals surface area (Å²) >= 11 is 0. The molecular formula is C15H19N3O3. The molecule has 1 unspecified atom stereocenters. The third kappa shape index (κ3) is 3.28. The second-order valence-electron chi connectivity index (χ2n) is 5.46. The summed E-state index contributed by atoms with van der Waals surface area (Å²) in [4.78, 5) is 14.8. The topological polar surface area (TPSA) is 88.3 Å². The van der Waals surface area contributed by atoms with Gasteiger partial charge in [0.1, 0.15) is 0 Å². The zero-order valence-corrected chi connectivity index (χ0v) is 12.4. The molecule has 0 saturated heterocycles. The molecule has 0 saturated carbocycles. The molecule has 6 heteroatoms. The molecule has 1 atom stereocenters. The van der Waals surface area contributed by atoms with Crippen LogP contribution in [0.4, 0.5) is 11.4 Å². The number of aliphatic hydroxyl groups is 1. The minimum atomic E-state index is -0.823. The molecule has 2 N–H and O–H groups in total. The van der Waals surface area contributed by atoms with Crippen molar-refractivity contribution in [2.45, 2.75) is 32.8 Å². The average molecular weight is 289 g/mol. The minimum Gasteiger partial charge on any atom is -0.388 e. The maximum absolute atomic E-state index is 11.1. The maximum atomic E-state index is 11.1. The van der Waals surface area contributed by atoms with Crippen LogP contribution in [0.1, 0.15) is 26.0 Å². The minimum absolute atomic E-state index is 0.0327. The number of nitro benzene ring substituents is 1. The molecule has 2 aromatic rings. The Balaban J connectivity index is 2.48. The third-order valence-electron chi connectivity index (χ3n) is 3.63. The van der Waals surface area contributed by atoms with Crippen LogP contribution in [0.15, 0.2) is 24.4 Å². The number of anilines is 1. The zero-order valence-electron chi connectivity index (χ0n) is 12.4. The number of non-ortho nitro benzene ring substituents is 1. The smallest absolute Gasteiger partial charge is 0.278 e. The van der Waals surface area contributed by atoms with E-state index in [1.165, 1.54) is 12.3 Å².